The van der Waals surface area contributed by atoms with Crippen molar-refractivity contribution < 1.29 is 9.59 Å². The summed E-state index contributed by atoms with van der Waals surface area (Å²) in [5.41, 5.74) is 4.66. The van der Waals surface area contributed by atoms with Crippen LogP contribution in [-0.2, 0) is 16.1 Å². The molecule has 1 aliphatic rings. The van der Waals surface area contributed by atoms with Gasteiger partial charge in [-0.15, -0.1) is 11.3 Å². The molecule has 3 aromatic rings. The van der Waals surface area contributed by atoms with Crippen LogP contribution < -0.4 is 10.2 Å². The molecule has 6 nitrogen and oxygen atoms in total. The van der Waals surface area contributed by atoms with Gasteiger partial charge in [-0.3, -0.25) is 19.6 Å². The van der Waals surface area contributed by atoms with Crippen molar-refractivity contribution in [2.75, 3.05) is 11.4 Å². The van der Waals surface area contributed by atoms with Crippen LogP contribution in [0.25, 0.3) is 10.6 Å². The number of hydrogen-bond donors (Lipinski definition) is 1. The highest BCUT2D eigenvalue weighted by Crippen LogP contribution is 2.28. The number of nitrogens with one attached hydrogen (secondary N) is 1. The second-order valence-electron chi connectivity index (χ2n) is 7.22. The SMILES string of the molecule is Cc1ccc(N2CC(C(=O)NCc3nccnc3-c3cccs3)CC2=O)cc1C. The highest BCUT2D eigenvalue weighted by atomic mass is 32.1. The van der Waals surface area contributed by atoms with Crippen molar-refractivity contribution in [1.29, 1.82) is 0 Å². The molecule has 3 heterocycles. The zero-order valence-electron chi connectivity index (χ0n) is 16.4. The topological polar surface area (TPSA) is 75.2 Å². The third kappa shape index (κ3) is 4.05. The van der Waals surface area contributed by atoms with E-state index >= 15 is 0 Å². The normalized spacial score (nSPS) is 16.3. The summed E-state index contributed by atoms with van der Waals surface area (Å²) in [7, 11) is 0. The van der Waals surface area contributed by atoms with E-state index in [1.807, 2.05) is 49.6 Å². The van der Waals surface area contributed by atoms with Crippen molar-refractivity contribution in [3.8, 4) is 10.6 Å². The number of nitrogens with zero attached hydrogens (tertiary/aromatic N) is 3. The number of benzene rings is 1. The Hall–Kier alpha value is -3.06. The van der Waals surface area contributed by atoms with Crippen molar-refractivity contribution in [2.45, 2.75) is 26.8 Å². The van der Waals surface area contributed by atoms with E-state index < -0.39 is 0 Å². The molecule has 1 atom stereocenters. The maximum Gasteiger partial charge on any atom is 0.227 e. The predicted octanol–water partition coefficient (Wildman–Crippen LogP) is 3.49. The van der Waals surface area contributed by atoms with Crippen LogP contribution in [0.3, 0.4) is 0 Å². The first-order valence-corrected chi connectivity index (χ1v) is 10.4. The Balaban J connectivity index is 1.43. The van der Waals surface area contributed by atoms with Crippen LogP contribution in [0.2, 0.25) is 0 Å². The molecular formula is C22H22N4O2S. The number of rotatable bonds is 5. The van der Waals surface area contributed by atoms with Crippen molar-refractivity contribution >= 4 is 28.8 Å². The minimum absolute atomic E-state index is 0.0211. The van der Waals surface area contributed by atoms with Crippen molar-refractivity contribution in [1.82, 2.24) is 15.3 Å². The third-order valence-electron chi connectivity index (χ3n) is 5.26. The second kappa shape index (κ2) is 8.13. The maximum absolute atomic E-state index is 12.7. The van der Waals surface area contributed by atoms with E-state index in [0.29, 0.717) is 6.54 Å². The van der Waals surface area contributed by atoms with E-state index in [1.165, 1.54) is 5.56 Å². The van der Waals surface area contributed by atoms with E-state index in [1.54, 1.807) is 28.6 Å². The first-order valence-electron chi connectivity index (χ1n) is 9.52. The molecular weight excluding hydrogens is 384 g/mol. The molecule has 2 aromatic heterocycles. The molecule has 1 aliphatic heterocycles. The molecule has 1 fully saturated rings. The number of aromatic nitrogens is 2. The summed E-state index contributed by atoms with van der Waals surface area (Å²) in [6, 6.07) is 9.89. The molecule has 0 saturated carbocycles. The molecule has 0 bridgehead atoms. The zero-order chi connectivity index (χ0) is 20.4. The number of anilines is 1. The fourth-order valence-electron chi connectivity index (χ4n) is 3.46. The van der Waals surface area contributed by atoms with Gasteiger partial charge in [-0.2, -0.15) is 0 Å². The van der Waals surface area contributed by atoms with Crippen LogP contribution in [0, 0.1) is 19.8 Å². The molecule has 1 aromatic carbocycles. The molecule has 7 heteroatoms. The fraction of sp³-hybridized carbons (Fsp3) is 0.273. The monoisotopic (exact) mass is 406 g/mol. The van der Waals surface area contributed by atoms with Gasteiger partial charge in [0.05, 0.1) is 23.0 Å². The van der Waals surface area contributed by atoms with E-state index in [-0.39, 0.29) is 30.7 Å². The maximum atomic E-state index is 12.7. The Kier molecular flexibility index (Phi) is 5.40. The summed E-state index contributed by atoms with van der Waals surface area (Å²) in [4.78, 5) is 36.7. The molecule has 0 aliphatic carbocycles. The number of hydrogen-bond acceptors (Lipinski definition) is 5. The lowest BCUT2D eigenvalue weighted by molar-refractivity contribution is -0.126. The Labute approximate surface area is 173 Å². The molecule has 148 valence electrons. The standard InChI is InChI=1S/C22H22N4O2S/c1-14-5-6-17(10-15(14)2)26-13-16(11-20(26)27)22(28)25-12-18-21(24-8-7-23-18)19-4-3-9-29-19/h3-10,16H,11-13H2,1-2H3,(H,25,28). The lowest BCUT2D eigenvalue weighted by atomic mass is 10.1. The van der Waals surface area contributed by atoms with E-state index in [2.05, 4.69) is 15.3 Å². The van der Waals surface area contributed by atoms with Gasteiger partial charge in [0.2, 0.25) is 11.8 Å². The van der Waals surface area contributed by atoms with Crippen LogP contribution in [0.1, 0.15) is 23.2 Å². The minimum atomic E-state index is -0.369. The molecule has 0 spiro atoms. The predicted molar refractivity (Wildman–Crippen MR) is 114 cm³/mol. The Bertz CT molecular complexity index is 1050. The highest BCUT2D eigenvalue weighted by Gasteiger charge is 2.35. The van der Waals surface area contributed by atoms with E-state index in [9.17, 15) is 9.59 Å². The molecule has 1 unspecified atom stereocenters. The first kappa shape index (κ1) is 19.3. The molecule has 0 radical (unpaired) electrons. The van der Waals surface area contributed by atoms with Crippen LogP contribution in [0.15, 0.2) is 48.1 Å². The summed E-state index contributed by atoms with van der Waals surface area (Å²) in [5, 5.41) is 4.92. The third-order valence-corrected chi connectivity index (χ3v) is 6.13. The van der Waals surface area contributed by atoms with Gasteiger partial charge in [0.15, 0.2) is 0 Å². The number of carbonyl (C=O) groups excluding carboxylic acids is 2. The zero-order valence-corrected chi connectivity index (χ0v) is 17.2. The van der Waals surface area contributed by atoms with Gasteiger partial charge in [0.25, 0.3) is 0 Å². The largest absolute Gasteiger partial charge is 0.350 e. The summed E-state index contributed by atoms with van der Waals surface area (Å²) in [6.45, 7) is 4.74. The summed E-state index contributed by atoms with van der Waals surface area (Å²) < 4.78 is 0. The van der Waals surface area contributed by atoms with Gasteiger partial charge in [0, 0.05) is 31.0 Å². The van der Waals surface area contributed by atoms with Gasteiger partial charge in [-0.25, -0.2) is 0 Å². The van der Waals surface area contributed by atoms with Crippen LogP contribution in [-0.4, -0.2) is 28.3 Å². The Morgan fingerprint density at radius 2 is 2.03 bits per heavy atom. The number of amides is 2. The molecule has 1 saturated heterocycles. The molecule has 29 heavy (non-hydrogen) atoms. The average Bonchev–Trinajstić information content (AvgIpc) is 3.38. The highest BCUT2D eigenvalue weighted by molar-refractivity contribution is 7.13. The van der Waals surface area contributed by atoms with Gasteiger partial charge >= 0.3 is 0 Å². The molecule has 2 amide bonds. The molecule has 4 rings (SSSR count). The number of carbonyl (C=O) groups is 2. The van der Waals surface area contributed by atoms with Crippen LogP contribution in [0.5, 0.6) is 0 Å². The second-order valence-corrected chi connectivity index (χ2v) is 8.17. The summed E-state index contributed by atoms with van der Waals surface area (Å²) in [5.74, 6) is -0.523. The number of thiophene rings is 1. The first-order chi connectivity index (χ1) is 14.0. The minimum Gasteiger partial charge on any atom is -0.350 e. The van der Waals surface area contributed by atoms with Crippen LogP contribution in [0.4, 0.5) is 5.69 Å². The summed E-state index contributed by atoms with van der Waals surface area (Å²) in [6.07, 6.45) is 3.49. The average molecular weight is 407 g/mol. The van der Waals surface area contributed by atoms with Gasteiger partial charge in [-0.1, -0.05) is 12.1 Å². The lowest BCUT2D eigenvalue weighted by Gasteiger charge is -2.18. The summed E-state index contributed by atoms with van der Waals surface area (Å²) >= 11 is 1.58. The lowest BCUT2D eigenvalue weighted by Crippen LogP contribution is -2.33. The van der Waals surface area contributed by atoms with Crippen molar-refractivity contribution in [2.24, 2.45) is 5.92 Å². The van der Waals surface area contributed by atoms with Gasteiger partial charge < -0.3 is 10.2 Å². The quantitative estimate of drug-likeness (QED) is 0.704. The van der Waals surface area contributed by atoms with E-state index in [0.717, 1.165) is 27.5 Å². The number of aryl methyl sites for hydroxylation is 2. The van der Waals surface area contributed by atoms with Gasteiger partial charge in [-0.05, 0) is 48.6 Å². The van der Waals surface area contributed by atoms with Gasteiger partial charge in [0.1, 0.15) is 5.69 Å². The van der Waals surface area contributed by atoms with Crippen LogP contribution >= 0.6 is 11.3 Å². The fourth-order valence-corrected chi connectivity index (χ4v) is 4.20. The molecule has 1 N–H and O–H groups in total. The Morgan fingerprint density at radius 1 is 1.21 bits per heavy atom. The Morgan fingerprint density at radius 3 is 2.79 bits per heavy atom. The van der Waals surface area contributed by atoms with Crippen molar-refractivity contribution in [3.63, 3.8) is 0 Å². The van der Waals surface area contributed by atoms with E-state index in [4.69, 9.17) is 0 Å². The van der Waals surface area contributed by atoms with Crippen molar-refractivity contribution in [3.05, 3.63) is 64.9 Å². The smallest absolute Gasteiger partial charge is 0.227 e.